The molecule has 1 amide bonds. The van der Waals surface area contributed by atoms with E-state index < -0.39 is 5.82 Å². The van der Waals surface area contributed by atoms with Gasteiger partial charge in [0.15, 0.2) is 0 Å². The van der Waals surface area contributed by atoms with Gasteiger partial charge in [0.25, 0.3) is 5.91 Å². The molecule has 106 valence electrons. The first-order chi connectivity index (χ1) is 9.69. The smallest absolute Gasteiger partial charge is 0.251 e. The van der Waals surface area contributed by atoms with Gasteiger partial charge in [-0.25, -0.2) is 4.39 Å². The molecule has 2 rings (SSSR count). The molecule has 2 N–H and O–H groups in total. The van der Waals surface area contributed by atoms with Crippen molar-refractivity contribution < 1.29 is 14.3 Å². The number of aliphatic hydroxyl groups excluding tert-OH is 1. The first-order valence-electron chi connectivity index (χ1n) is 6.34. The summed E-state index contributed by atoms with van der Waals surface area (Å²) >= 11 is 1.60. The molecule has 3 nitrogen and oxygen atoms in total. The van der Waals surface area contributed by atoms with E-state index in [0.29, 0.717) is 13.0 Å². The summed E-state index contributed by atoms with van der Waals surface area (Å²) in [5.41, 5.74) is 1.44. The Morgan fingerprint density at radius 1 is 1.40 bits per heavy atom. The van der Waals surface area contributed by atoms with Crippen molar-refractivity contribution in [1.29, 1.82) is 0 Å². The molecule has 0 aliphatic carbocycles. The Hall–Kier alpha value is -1.72. The maximum atomic E-state index is 13.0. The van der Waals surface area contributed by atoms with E-state index in [2.05, 4.69) is 5.32 Å². The van der Waals surface area contributed by atoms with Gasteiger partial charge in [-0.2, -0.15) is 11.3 Å². The van der Waals surface area contributed by atoms with Gasteiger partial charge >= 0.3 is 0 Å². The van der Waals surface area contributed by atoms with Crippen LogP contribution in [0.2, 0.25) is 0 Å². The van der Waals surface area contributed by atoms with Crippen LogP contribution in [0.5, 0.6) is 0 Å². The standard InChI is InChI=1S/C15H16FNO2S/c16-14-3-1-2-13(7-14)15(19)17-8-12(9-18)6-11-4-5-20-10-11/h1-5,7,10,12,18H,6,8-9H2,(H,17,19)/t12-/m1/s1. The molecule has 0 aliphatic rings. The van der Waals surface area contributed by atoms with Gasteiger partial charge in [0.2, 0.25) is 0 Å². The summed E-state index contributed by atoms with van der Waals surface area (Å²) in [7, 11) is 0. The van der Waals surface area contributed by atoms with Crippen LogP contribution in [0.3, 0.4) is 0 Å². The quantitative estimate of drug-likeness (QED) is 0.859. The van der Waals surface area contributed by atoms with Crippen molar-refractivity contribution in [3.8, 4) is 0 Å². The molecule has 2 aromatic rings. The second-order valence-electron chi connectivity index (χ2n) is 4.60. The topological polar surface area (TPSA) is 49.3 Å². The highest BCUT2D eigenvalue weighted by Crippen LogP contribution is 2.12. The number of rotatable bonds is 6. The van der Waals surface area contributed by atoms with Gasteiger partial charge in [-0.15, -0.1) is 0 Å². The molecule has 0 radical (unpaired) electrons. The molecule has 0 unspecified atom stereocenters. The number of nitrogens with one attached hydrogen (secondary N) is 1. The number of carbonyl (C=O) groups excluding carboxylic acids is 1. The Morgan fingerprint density at radius 2 is 2.25 bits per heavy atom. The van der Waals surface area contributed by atoms with E-state index in [1.54, 1.807) is 17.4 Å². The minimum atomic E-state index is -0.436. The molecule has 1 atom stereocenters. The highest BCUT2D eigenvalue weighted by atomic mass is 32.1. The fourth-order valence-electron chi connectivity index (χ4n) is 1.91. The summed E-state index contributed by atoms with van der Waals surface area (Å²) in [5, 5.41) is 16.1. The molecule has 0 spiro atoms. The molecule has 0 bridgehead atoms. The van der Waals surface area contributed by atoms with Gasteiger partial charge in [-0.3, -0.25) is 4.79 Å². The number of hydrogen-bond acceptors (Lipinski definition) is 3. The number of halogens is 1. The SMILES string of the molecule is O=C(NC[C@H](CO)Cc1ccsc1)c1cccc(F)c1. The third-order valence-corrected chi connectivity index (χ3v) is 3.73. The Labute approximate surface area is 121 Å². The highest BCUT2D eigenvalue weighted by Gasteiger charge is 2.12. The van der Waals surface area contributed by atoms with Crippen molar-refractivity contribution in [1.82, 2.24) is 5.32 Å². The van der Waals surface area contributed by atoms with Crippen molar-refractivity contribution in [2.75, 3.05) is 13.2 Å². The summed E-state index contributed by atoms with van der Waals surface area (Å²) in [4.78, 5) is 11.9. The lowest BCUT2D eigenvalue weighted by atomic mass is 10.0. The molecule has 0 saturated heterocycles. The summed E-state index contributed by atoms with van der Waals surface area (Å²) in [6.45, 7) is 0.362. The van der Waals surface area contributed by atoms with Gasteiger partial charge in [-0.1, -0.05) is 6.07 Å². The molecule has 0 saturated carbocycles. The second kappa shape index (κ2) is 7.17. The molecule has 20 heavy (non-hydrogen) atoms. The van der Waals surface area contributed by atoms with E-state index >= 15 is 0 Å². The maximum absolute atomic E-state index is 13.0. The Kier molecular flexibility index (Phi) is 5.26. The number of hydrogen-bond donors (Lipinski definition) is 2. The largest absolute Gasteiger partial charge is 0.396 e. The van der Waals surface area contributed by atoms with Crippen molar-refractivity contribution >= 4 is 17.2 Å². The molecule has 1 aromatic carbocycles. The Balaban J connectivity index is 1.88. The Bertz CT molecular complexity index is 557. The van der Waals surface area contributed by atoms with E-state index in [1.807, 2.05) is 16.8 Å². The van der Waals surface area contributed by atoms with Crippen LogP contribution in [-0.4, -0.2) is 24.2 Å². The fourth-order valence-corrected chi connectivity index (χ4v) is 2.59. The fraction of sp³-hybridized carbons (Fsp3) is 0.267. The molecule has 5 heteroatoms. The van der Waals surface area contributed by atoms with Crippen LogP contribution in [0.1, 0.15) is 15.9 Å². The van der Waals surface area contributed by atoms with Crippen LogP contribution in [0.15, 0.2) is 41.1 Å². The van der Waals surface area contributed by atoms with Crippen LogP contribution < -0.4 is 5.32 Å². The highest BCUT2D eigenvalue weighted by molar-refractivity contribution is 7.07. The molecule has 1 heterocycles. The van der Waals surface area contributed by atoms with E-state index in [1.165, 1.54) is 18.2 Å². The average molecular weight is 293 g/mol. The van der Waals surface area contributed by atoms with Crippen LogP contribution >= 0.6 is 11.3 Å². The van der Waals surface area contributed by atoms with E-state index in [-0.39, 0.29) is 24.0 Å². The molecular formula is C15H16FNO2S. The molecular weight excluding hydrogens is 277 g/mol. The average Bonchev–Trinajstić information content (AvgIpc) is 2.96. The lowest BCUT2D eigenvalue weighted by Gasteiger charge is -2.14. The molecule has 0 aliphatic heterocycles. The summed E-state index contributed by atoms with van der Waals surface area (Å²) in [5.74, 6) is -0.801. The number of amides is 1. The van der Waals surface area contributed by atoms with Crippen molar-refractivity contribution in [3.05, 3.63) is 58.0 Å². The van der Waals surface area contributed by atoms with Crippen LogP contribution in [0.25, 0.3) is 0 Å². The van der Waals surface area contributed by atoms with Crippen molar-refractivity contribution in [2.45, 2.75) is 6.42 Å². The lowest BCUT2D eigenvalue weighted by molar-refractivity contribution is 0.0939. The molecule has 0 fully saturated rings. The summed E-state index contributed by atoms with van der Waals surface area (Å²) in [6.07, 6.45) is 0.712. The predicted molar refractivity (Wildman–Crippen MR) is 77.3 cm³/mol. The van der Waals surface area contributed by atoms with Gasteiger partial charge < -0.3 is 10.4 Å². The van der Waals surface area contributed by atoms with Gasteiger partial charge in [0.1, 0.15) is 5.82 Å². The Morgan fingerprint density at radius 3 is 2.90 bits per heavy atom. The minimum absolute atomic E-state index is 0.000717. The van der Waals surface area contributed by atoms with E-state index in [9.17, 15) is 14.3 Å². The predicted octanol–water partition coefficient (Wildman–Crippen LogP) is 2.47. The summed E-state index contributed by atoms with van der Waals surface area (Å²) < 4.78 is 13.0. The van der Waals surface area contributed by atoms with Crippen LogP contribution in [-0.2, 0) is 6.42 Å². The van der Waals surface area contributed by atoms with Crippen molar-refractivity contribution in [3.63, 3.8) is 0 Å². The van der Waals surface area contributed by atoms with Crippen LogP contribution in [0.4, 0.5) is 4.39 Å². The minimum Gasteiger partial charge on any atom is -0.396 e. The molecule has 1 aromatic heterocycles. The zero-order valence-electron chi connectivity index (χ0n) is 10.9. The first-order valence-corrected chi connectivity index (χ1v) is 7.29. The maximum Gasteiger partial charge on any atom is 0.251 e. The normalized spacial score (nSPS) is 12.1. The summed E-state index contributed by atoms with van der Waals surface area (Å²) in [6, 6.07) is 7.55. The third-order valence-electron chi connectivity index (χ3n) is 3.00. The lowest BCUT2D eigenvalue weighted by Crippen LogP contribution is -2.31. The zero-order valence-corrected chi connectivity index (χ0v) is 11.7. The number of aliphatic hydroxyl groups is 1. The van der Waals surface area contributed by atoms with Crippen LogP contribution in [0, 0.1) is 11.7 Å². The van der Waals surface area contributed by atoms with E-state index in [4.69, 9.17) is 0 Å². The van der Waals surface area contributed by atoms with Gasteiger partial charge in [-0.05, 0) is 47.0 Å². The van der Waals surface area contributed by atoms with Gasteiger partial charge in [0, 0.05) is 24.6 Å². The van der Waals surface area contributed by atoms with Crippen molar-refractivity contribution in [2.24, 2.45) is 5.92 Å². The monoisotopic (exact) mass is 293 g/mol. The number of carbonyl (C=O) groups is 1. The van der Waals surface area contributed by atoms with E-state index in [0.717, 1.165) is 5.56 Å². The second-order valence-corrected chi connectivity index (χ2v) is 5.38. The van der Waals surface area contributed by atoms with Gasteiger partial charge in [0.05, 0.1) is 0 Å². The number of benzene rings is 1. The zero-order chi connectivity index (χ0) is 14.4. The first kappa shape index (κ1) is 14.7. The third kappa shape index (κ3) is 4.15. The number of thiophene rings is 1.